The minimum absolute atomic E-state index is 0.0714. The molecule has 168 valence electrons. The van der Waals surface area contributed by atoms with Crippen LogP contribution in [0.15, 0.2) is 41.2 Å². The second kappa shape index (κ2) is 8.49. The van der Waals surface area contributed by atoms with E-state index < -0.39 is 23.7 Å². The Bertz CT molecular complexity index is 1110. The SMILES string of the molecule is CC(=O)N1c2c(cc(C(=O)O)[nH]c2=O)C(NC(=O)OCc2ccccc2)C(C)C1C1CC1. The number of rotatable bonds is 5. The van der Waals surface area contributed by atoms with Crippen LogP contribution in [-0.2, 0) is 16.1 Å². The topological polar surface area (TPSA) is 129 Å². The molecule has 3 N–H and O–H groups in total. The minimum Gasteiger partial charge on any atom is -0.477 e. The number of hydrogen-bond donors (Lipinski definition) is 3. The molecular weight excluding hydrogens is 414 g/mol. The number of carboxylic acid groups (broad SMARTS) is 1. The second-order valence-electron chi connectivity index (χ2n) is 8.38. The lowest BCUT2D eigenvalue weighted by atomic mass is 9.80. The van der Waals surface area contributed by atoms with Gasteiger partial charge in [0.2, 0.25) is 5.91 Å². The molecule has 1 aliphatic carbocycles. The van der Waals surface area contributed by atoms with Gasteiger partial charge in [0.1, 0.15) is 18.0 Å². The van der Waals surface area contributed by atoms with E-state index in [1.54, 1.807) is 0 Å². The molecule has 2 aliphatic rings. The van der Waals surface area contributed by atoms with Gasteiger partial charge in [0.05, 0.1) is 6.04 Å². The van der Waals surface area contributed by atoms with Gasteiger partial charge in [-0.3, -0.25) is 9.59 Å². The van der Waals surface area contributed by atoms with Crippen LogP contribution in [0.25, 0.3) is 0 Å². The highest BCUT2D eigenvalue weighted by atomic mass is 16.5. The molecule has 1 fully saturated rings. The number of fused-ring (bicyclic) bond motifs is 1. The fraction of sp³-hybridized carbons (Fsp3) is 0.391. The number of ether oxygens (including phenoxy) is 1. The fourth-order valence-corrected chi connectivity index (χ4v) is 4.58. The van der Waals surface area contributed by atoms with Gasteiger partial charge in [-0.15, -0.1) is 0 Å². The Balaban J connectivity index is 1.70. The number of nitrogens with one attached hydrogen (secondary N) is 2. The number of H-pyrrole nitrogens is 1. The molecule has 0 saturated heterocycles. The Hall–Kier alpha value is -3.62. The van der Waals surface area contributed by atoms with Gasteiger partial charge in [0.25, 0.3) is 5.56 Å². The number of aromatic nitrogens is 1. The summed E-state index contributed by atoms with van der Waals surface area (Å²) in [6.45, 7) is 3.35. The van der Waals surface area contributed by atoms with E-state index in [1.165, 1.54) is 17.9 Å². The molecule has 32 heavy (non-hydrogen) atoms. The first-order valence-corrected chi connectivity index (χ1v) is 10.6. The Kier molecular flexibility index (Phi) is 5.73. The number of carboxylic acids is 1. The number of alkyl carbamates (subject to hydrolysis) is 1. The zero-order valence-corrected chi connectivity index (χ0v) is 17.8. The molecule has 3 atom stereocenters. The summed E-state index contributed by atoms with van der Waals surface area (Å²) in [5.74, 6) is -1.65. The van der Waals surface area contributed by atoms with Crippen LogP contribution in [0.5, 0.6) is 0 Å². The van der Waals surface area contributed by atoms with Crippen molar-refractivity contribution in [2.45, 2.75) is 45.4 Å². The molecule has 1 aromatic heterocycles. The fourth-order valence-electron chi connectivity index (χ4n) is 4.58. The average molecular weight is 439 g/mol. The van der Waals surface area contributed by atoms with Crippen LogP contribution in [0.4, 0.5) is 10.5 Å². The van der Waals surface area contributed by atoms with E-state index in [9.17, 15) is 24.3 Å². The first-order chi connectivity index (χ1) is 15.3. The van der Waals surface area contributed by atoms with Crippen molar-refractivity contribution in [3.63, 3.8) is 0 Å². The normalized spacial score (nSPS) is 22.1. The van der Waals surface area contributed by atoms with E-state index >= 15 is 0 Å². The largest absolute Gasteiger partial charge is 0.477 e. The van der Waals surface area contributed by atoms with E-state index in [4.69, 9.17) is 4.74 Å². The summed E-state index contributed by atoms with van der Waals surface area (Å²) >= 11 is 0. The number of anilines is 1. The number of carbonyl (C=O) groups is 3. The molecule has 1 saturated carbocycles. The molecule has 9 heteroatoms. The molecule has 2 amide bonds. The van der Waals surface area contributed by atoms with Crippen LogP contribution in [0.2, 0.25) is 0 Å². The predicted molar refractivity (Wildman–Crippen MR) is 115 cm³/mol. The number of aromatic carboxylic acids is 1. The van der Waals surface area contributed by atoms with Crippen molar-refractivity contribution in [1.29, 1.82) is 0 Å². The first kappa shape index (κ1) is 21.6. The Morgan fingerprint density at radius 2 is 1.91 bits per heavy atom. The van der Waals surface area contributed by atoms with Gasteiger partial charge in [-0.25, -0.2) is 9.59 Å². The van der Waals surface area contributed by atoms with Crippen molar-refractivity contribution in [2.75, 3.05) is 4.90 Å². The summed E-state index contributed by atoms with van der Waals surface area (Å²) in [5, 5.41) is 12.2. The van der Waals surface area contributed by atoms with Gasteiger partial charge in [-0.05, 0) is 30.4 Å². The number of nitrogens with zero attached hydrogens (tertiary/aromatic N) is 1. The lowest BCUT2D eigenvalue weighted by Gasteiger charge is -2.44. The van der Waals surface area contributed by atoms with Gasteiger partial charge in [0, 0.05) is 24.4 Å². The number of hydrogen-bond acceptors (Lipinski definition) is 5. The lowest BCUT2D eigenvalue weighted by molar-refractivity contribution is -0.117. The second-order valence-corrected chi connectivity index (χ2v) is 8.38. The third-order valence-corrected chi connectivity index (χ3v) is 6.14. The molecule has 3 unspecified atom stereocenters. The van der Waals surface area contributed by atoms with Crippen LogP contribution < -0.4 is 15.8 Å². The monoisotopic (exact) mass is 439 g/mol. The number of aromatic amines is 1. The van der Waals surface area contributed by atoms with Crippen molar-refractivity contribution in [3.05, 3.63) is 63.6 Å². The summed E-state index contributed by atoms with van der Waals surface area (Å²) in [7, 11) is 0. The van der Waals surface area contributed by atoms with E-state index in [0.29, 0.717) is 5.56 Å². The van der Waals surface area contributed by atoms with Crippen LogP contribution in [-0.4, -0.2) is 34.1 Å². The summed E-state index contributed by atoms with van der Waals surface area (Å²) in [4.78, 5) is 53.4. The van der Waals surface area contributed by atoms with Gasteiger partial charge >= 0.3 is 12.1 Å². The summed E-state index contributed by atoms with van der Waals surface area (Å²) < 4.78 is 5.35. The highest BCUT2D eigenvalue weighted by molar-refractivity contribution is 5.95. The predicted octanol–water partition coefficient (Wildman–Crippen LogP) is 2.82. The Morgan fingerprint density at radius 3 is 2.50 bits per heavy atom. The highest BCUT2D eigenvalue weighted by Crippen LogP contribution is 2.48. The molecular formula is C23H25N3O6. The number of carbonyl (C=O) groups excluding carboxylic acids is 2. The number of benzene rings is 1. The lowest BCUT2D eigenvalue weighted by Crippen LogP contribution is -2.55. The van der Waals surface area contributed by atoms with E-state index in [1.807, 2.05) is 37.3 Å². The number of pyridine rings is 1. The van der Waals surface area contributed by atoms with Gasteiger partial charge in [-0.2, -0.15) is 0 Å². The maximum atomic E-state index is 12.9. The highest BCUT2D eigenvalue weighted by Gasteiger charge is 2.49. The molecule has 0 spiro atoms. The van der Waals surface area contributed by atoms with Crippen molar-refractivity contribution < 1.29 is 24.2 Å². The van der Waals surface area contributed by atoms with Gasteiger partial charge < -0.3 is 25.0 Å². The summed E-state index contributed by atoms with van der Waals surface area (Å²) in [6, 6.07) is 9.55. The number of amides is 2. The standard InChI is InChI=1S/C23H25N3O6/c1-12-18(25-23(31)32-11-14-6-4-3-5-7-14)16-10-17(22(29)30)24-21(28)20(16)26(13(2)27)19(12)15-8-9-15/h3-7,10,12,15,18-19H,8-9,11H2,1-2H3,(H,24,28)(H,25,31)(H,29,30). The molecule has 2 aromatic rings. The third kappa shape index (κ3) is 4.10. The molecule has 0 radical (unpaired) electrons. The Morgan fingerprint density at radius 1 is 1.22 bits per heavy atom. The maximum absolute atomic E-state index is 12.9. The smallest absolute Gasteiger partial charge is 0.407 e. The quantitative estimate of drug-likeness (QED) is 0.657. The van der Waals surface area contributed by atoms with Crippen molar-refractivity contribution in [2.24, 2.45) is 11.8 Å². The van der Waals surface area contributed by atoms with E-state index in [0.717, 1.165) is 18.4 Å². The zero-order valence-electron chi connectivity index (χ0n) is 17.8. The molecule has 4 rings (SSSR count). The molecule has 9 nitrogen and oxygen atoms in total. The van der Waals surface area contributed by atoms with Crippen molar-refractivity contribution in [3.8, 4) is 0 Å². The molecule has 0 bridgehead atoms. The zero-order chi connectivity index (χ0) is 23.0. The third-order valence-electron chi connectivity index (χ3n) is 6.14. The minimum atomic E-state index is -1.30. The van der Waals surface area contributed by atoms with E-state index in [2.05, 4.69) is 10.3 Å². The van der Waals surface area contributed by atoms with Crippen molar-refractivity contribution >= 4 is 23.7 Å². The van der Waals surface area contributed by atoms with Crippen LogP contribution in [0, 0.1) is 11.8 Å². The average Bonchev–Trinajstić information content (AvgIpc) is 3.59. The van der Waals surface area contributed by atoms with Gasteiger partial charge in [0.15, 0.2) is 0 Å². The van der Waals surface area contributed by atoms with Crippen molar-refractivity contribution in [1.82, 2.24) is 10.3 Å². The van der Waals surface area contributed by atoms with Crippen LogP contribution in [0.1, 0.15) is 54.3 Å². The Labute approximate surface area is 184 Å². The first-order valence-electron chi connectivity index (χ1n) is 10.6. The van der Waals surface area contributed by atoms with Gasteiger partial charge in [-0.1, -0.05) is 37.3 Å². The summed E-state index contributed by atoms with van der Waals surface area (Å²) in [6.07, 6.45) is 1.16. The molecule has 1 aliphatic heterocycles. The molecule has 1 aromatic carbocycles. The van der Waals surface area contributed by atoms with Crippen LogP contribution >= 0.6 is 0 Å². The maximum Gasteiger partial charge on any atom is 0.407 e. The van der Waals surface area contributed by atoms with Crippen LogP contribution in [0.3, 0.4) is 0 Å². The van der Waals surface area contributed by atoms with E-state index in [-0.39, 0.29) is 41.8 Å². The summed E-state index contributed by atoms with van der Waals surface area (Å²) in [5.41, 5.74) is 0.229. The molecule has 2 heterocycles.